The average molecular weight is 219 g/mol. The molecule has 0 aromatic rings. The summed E-state index contributed by atoms with van der Waals surface area (Å²) in [4.78, 5) is 21.1. The molecule has 2 N–H and O–H groups in total. The number of carboxylic acid groups (broad SMARTS) is 1. The molecule has 0 aliphatic heterocycles. The van der Waals surface area contributed by atoms with Gasteiger partial charge >= 0.3 is 5.97 Å². The molecule has 1 amide bonds. The first-order chi connectivity index (χ1) is 6.66. The molecule has 0 aliphatic rings. The molecule has 82 valence electrons. The molecule has 0 saturated heterocycles. The predicted octanol–water partition coefficient (Wildman–Crippen LogP) is 1.11. The van der Waals surface area contributed by atoms with Crippen molar-refractivity contribution in [1.82, 2.24) is 5.32 Å². The van der Waals surface area contributed by atoms with Crippen molar-refractivity contribution in [2.75, 3.05) is 18.1 Å². The molecule has 0 fully saturated rings. The van der Waals surface area contributed by atoms with Gasteiger partial charge in [0, 0.05) is 12.2 Å². The molecule has 0 atom stereocenters. The standard InChI is InChI=1S/C9H17NO3S/c1-2-3-5-14-6-4-8(11)10-7-9(12)13/h2-7H2,1H3,(H,10,11)(H,12,13). The van der Waals surface area contributed by atoms with E-state index in [0.717, 1.165) is 17.9 Å². The number of thioether (sulfide) groups is 1. The van der Waals surface area contributed by atoms with E-state index < -0.39 is 5.97 Å². The van der Waals surface area contributed by atoms with Crippen LogP contribution in [0.15, 0.2) is 0 Å². The summed E-state index contributed by atoms with van der Waals surface area (Å²) in [7, 11) is 0. The first-order valence-corrected chi connectivity index (χ1v) is 5.88. The number of aliphatic carboxylic acids is 1. The second-order valence-electron chi connectivity index (χ2n) is 2.89. The van der Waals surface area contributed by atoms with Crippen molar-refractivity contribution >= 4 is 23.6 Å². The van der Waals surface area contributed by atoms with Crippen LogP contribution in [0.2, 0.25) is 0 Å². The summed E-state index contributed by atoms with van der Waals surface area (Å²) in [6.45, 7) is 1.85. The second-order valence-corrected chi connectivity index (χ2v) is 4.11. The van der Waals surface area contributed by atoms with Crippen LogP contribution in [0.4, 0.5) is 0 Å². The molecule has 5 heteroatoms. The van der Waals surface area contributed by atoms with Crippen LogP contribution in [-0.2, 0) is 9.59 Å². The molecule has 0 aliphatic carbocycles. The Balaban J connectivity index is 3.22. The lowest BCUT2D eigenvalue weighted by molar-refractivity contribution is -0.137. The second kappa shape index (κ2) is 8.87. The zero-order valence-corrected chi connectivity index (χ0v) is 9.23. The van der Waals surface area contributed by atoms with E-state index in [0.29, 0.717) is 6.42 Å². The highest BCUT2D eigenvalue weighted by Gasteiger charge is 2.02. The highest BCUT2D eigenvalue weighted by Crippen LogP contribution is 2.05. The Kier molecular flexibility index (Phi) is 8.42. The molecule has 0 heterocycles. The molecule has 0 unspecified atom stereocenters. The van der Waals surface area contributed by atoms with Gasteiger partial charge in [0.25, 0.3) is 0 Å². The molecule has 0 saturated carbocycles. The fourth-order valence-corrected chi connectivity index (χ4v) is 1.80. The minimum absolute atomic E-state index is 0.184. The van der Waals surface area contributed by atoms with E-state index in [9.17, 15) is 9.59 Å². The van der Waals surface area contributed by atoms with Gasteiger partial charge in [-0.3, -0.25) is 9.59 Å². The summed E-state index contributed by atoms with van der Waals surface area (Å²) in [5.41, 5.74) is 0. The molecule has 0 spiro atoms. The largest absolute Gasteiger partial charge is 0.480 e. The Bertz CT molecular complexity index is 185. The quantitative estimate of drug-likeness (QED) is 0.600. The number of amides is 1. The number of nitrogens with one attached hydrogen (secondary N) is 1. The van der Waals surface area contributed by atoms with Gasteiger partial charge in [0.05, 0.1) is 0 Å². The van der Waals surface area contributed by atoms with E-state index in [-0.39, 0.29) is 12.5 Å². The molecular weight excluding hydrogens is 202 g/mol. The van der Waals surface area contributed by atoms with Crippen LogP contribution in [0.5, 0.6) is 0 Å². The summed E-state index contributed by atoms with van der Waals surface area (Å²) in [5.74, 6) is 0.655. The fraction of sp³-hybridized carbons (Fsp3) is 0.778. The first-order valence-electron chi connectivity index (χ1n) is 4.73. The van der Waals surface area contributed by atoms with Gasteiger partial charge in [-0.1, -0.05) is 13.3 Å². The fourth-order valence-electron chi connectivity index (χ4n) is 0.776. The lowest BCUT2D eigenvalue weighted by atomic mass is 10.4. The predicted molar refractivity (Wildman–Crippen MR) is 57.5 cm³/mol. The lowest BCUT2D eigenvalue weighted by Gasteiger charge is -2.01. The molecule has 0 bridgehead atoms. The third-order valence-electron chi connectivity index (χ3n) is 1.55. The maximum atomic E-state index is 11.0. The van der Waals surface area contributed by atoms with E-state index in [1.165, 1.54) is 6.42 Å². The van der Waals surface area contributed by atoms with Crippen molar-refractivity contribution in [3.63, 3.8) is 0 Å². The molecule has 14 heavy (non-hydrogen) atoms. The van der Waals surface area contributed by atoms with Crippen molar-refractivity contribution in [3.05, 3.63) is 0 Å². The lowest BCUT2D eigenvalue weighted by Crippen LogP contribution is -2.29. The SMILES string of the molecule is CCCCSCCC(=O)NCC(=O)O. The maximum absolute atomic E-state index is 11.0. The number of unbranched alkanes of at least 4 members (excludes halogenated alkanes) is 1. The number of hydrogen-bond acceptors (Lipinski definition) is 3. The van der Waals surface area contributed by atoms with Gasteiger partial charge in [-0.25, -0.2) is 0 Å². The van der Waals surface area contributed by atoms with E-state index in [2.05, 4.69) is 12.2 Å². The highest BCUT2D eigenvalue weighted by atomic mass is 32.2. The first kappa shape index (κ1) is 13.3. The molecule has 0 aromatic carbocycles. The van der Waals surface area contributed by atoms with Crippen molar-refractivity contribution in [2.24, 2.45) is 0 Å². The Morgan fingerprint density at radius 2 is 2.07 bits per heavy atom. The summed E-state index contributed by atoms with van der Waals surface area (Å²) in [6, 6.07) is 0. The molecule has 0 aromatic heterocycles. The highest BCUT2D eigenvalue weighted by molar-refractivity contribution is 7.99. The van der Waals surface area contributed by atoms with Gasteiger partial charge in [0.2, 0.25) is 5.91 Å². The van der Waals surface area contributed by atoms with Gasteiger partial charge in [-0.15, -0.1) is 0 Å². The van der Waals surface area contributed by atoms with Gasteiger partial charge < -0.3 is 10.4 Å². The zero-order chi connectivity index (χ0) is 10.8. The van der Waals surface area contributed by atoms with Crippen LogP contribution in [0.3, 0.4) is 0 Å². The summed E-state index contributed by atoms with van der Waals surface area (Å²) < 4.78 is 0. The molecular formula is C9H17NO3S. The van der Waals surface area contributed by atoms with Gasteiger partial charge in [-0.05, 0) is 12.2 Å². The van der Waals surface area contributed by atoms with E-state index >= 15 is 0 Å². The van der Waals surface area contributed by atoms with Crippen molar-refractivity contribution in [1.29, 1.82) is 0 Å². The monoisotopic (exact) mass is 219 g/mol. The Labute approximate surface area is 88.4 Å². The van der Waals surface area contributed by atoms with Crippen LogP contribution >= 0.6 is 11.8 Å². The van der Waals surface area contributed by atoms with Crippen LogP contribution < -0.4 is 5.32 Å². The topological polar surface area (TPSA) is 66.4 Å². The number of rotatable bonds is 8. The zero-order valence-electron chi connectivity index (χ0n) is 8.41. The van der Waals surface area contributed by atoms with Crippen molar-refractivity contribution < 1.29 is 14.7 Å². The number of carboxylic acids is 1. The number of carbonyl (C=O) groups is 2. The van der Waals surface area contributed by atoms with E-state index in [1.807, 2.05) is 0 Å². The van der Waals surface area contributed by atoms with Gasteiger partial charge in [0.15, 0.2) is 0 Å². The van der Waals surface area contributed by atoms with Crippen molar-refractivity contribution in [3.8, 4) is 0 Å². The maximum Gasteiger partial charge on any atom is 0.322 e. The smallest absolute Gasteiger partial charge is 0.322 e. The molecule has 0 rings (SSSR count). The van der Waals surface area contributed by atoms with Crippen LogP contribution in [0.1, 0.15) is 26.2 Å². The molecule has 4 nitrogen and oxygen atoms in total. The Morgan fingerprint density at radius 1 is 1.36 bits per heavy atom. The van der Waals surface area contributed by atoms with Crippen LogP contribution in [0, 0.1) is 0 Å². The summed E-state index contributed by atoms with van der Waals surface area (Å²) >= 11 is 1.73. The average Bonchev–Trinajstić information content (AvgIpc) is 2.14. The summed E-state index contributed by atoms with van der Waals surface area (Å²) in [6.07, 6.45) is 2.74. The summed E-state index contributed by atoms with van der Waals surface area (Å²) in [5, 5.41) is 10.6. The van der Waals surface area contributed by atoms with Crippen molar-refractivity contribution in [2.45, 2.75) is 26.2 Å². The van der Waals surface area contributed by atoms with Crippen LogP contribution in [0.25, 0.3) is 0 Å². The Morgan fingerprint density at radius 3 is 2.64 bits per heavy atom. The van der Waals surface area contributed by atoms with E-state index in [4.69, 9.17) is 5.11 Å². The normalized spacial score (nSPS) is 9.79. The minimum Gasteiger partial charge on any atom is -0.480 e. The van der Waals surface area contributed by atoms with Gasteiger partial charge in [-0.2, -0.15) is 11.8 Å². The third-order valence-corrected chi connectivity index (χ3v) is 2.62. The Hall–Kier alpha value is -0.710. The third kappa shape index (κ3) is 9.38. The van der Waals surface area contributed by atoms with E-state index in [1.54, 1.807) is 11.8 Å². The van der Waals surface area contributed by atoms with Gasteiger partial charge in [0.1, 0.15) is 6.54 Å². The number of hydrogen-bond donors (Lipinski definition) is 2. The van der Waals surface area contributed by atoms with Crippen LogP contribution in [-0.4, -0.2) is 35.0 Å². The minimum atomic E-state index is -1.00. The molecule has 0 radical (unpaired) electrons. The number of carbonyl (C=O) groups excluding carboxylic acids is 1.